The molecule has 4 heterocycles. The van der Waals surface area contributed by atoms with E-state index in [2.05, 4.69) is 56.2 Å². The van der Waals surface area contributed by atoms with Crippen LogP contribution < -0.4 is 0 Å². The highest BCUT2D eigenvalue weighted by Crippen LogP contribution is 2.38. The Morgan fingerprint density at radius 1 is 0.696 bits per heavy atom. The Morgan fingerprint density at radius 3 is 2.17 bits per heavy atom. The van der Waals surface area contributed by atoms with Gasteiger partial charge in [0.2, 0.25) is 0 Å². The standard InChI is InChI=1S/C18H11BrN2S2/c19-18-9-8-17(23-18)16-7-6-15(22-16)12-4-5-14(21-11-12)13-3-1-2-10-20-13/h1-11H. The Labute approximate surface area is 150 Å². The molecule has 0 aliphatic rings. The highest BCUT2D eigenvalue weighted by atomic mass is 79.9. The van der Waals surface area contributed by atoms with Gasteiger partial charge in [-0.1, -0.05) is 6.07 Å². The maximum Gasteiger partial charge on any atom is 0.0886 e. The highest BCUT2D eigenvalue weighted by Gasteiger charge is 2.08. The van der Waals surface area contributed by atoms with Crippen molar-refractivity contribution in [3.8, 4) is 31.6 Å². The molecule has 5 heteroatoms. The van der Waals surface area contributed by atoms with E-state index in [1.807, 2.05) is 30.5 Å². The largest absolute Gasteiger partial charge is 0.255 e. The predicted molar refractivity (Wildman–Crippen MR) is 102 cm³/mol. The lowest BCUT2D eigenvalue weighted by Crippen LogP contribution is -1.86. The Balaban J connectivity index is 1.63. The van der Waals surface area contributed by atoms with Gasteiger partial charge in [0, 0.05) is 32.6 Å². The fourth-order valence-corrected chi connectivity index (χ4v) is 4.75. The summed E-state index contributed by atoms with van der Waals surface area (Å²) >= 11 is 7.06. The van der Waals surface area contributed by atoms with E-state index in [-0.39, 0.29) is 0 Å². The Hall–Kier alpha value is -1.82. The van der Waals surface area contributed by atoms with Crippen molar-refractivity contribution in [2.24, 2.45) is 0 Å². The van der Waals surface area contributed by atoms with E-state index in [4.69, 9.17) is 0 Å². The monoisotopic (exact) mass is 398 g/mol. The molecular weight excluding hydrogens is 388 g/mol. The summed E-state index contributed by atoms with van der Waals surface area (Å²) in [5.41, 5.74) is 2.93. The van der Waals surface area contributed by atoms with Crippen LogP contribution in [0.25, 0.3) is 31.6 Å². The van der Waals surface area contributed by atoms with Crippen molar-refractivity contribution < 1.29 is 0 Å². The minimum atomic E-state index is 0.897. The summed E-state index contributed by atoms with van der Waals surface area (Å²) in [5, 5.41) is 0. The molecule has 0 amide bonds. The minimum absolute atomic E-state index is 0.897. The Morgan fingerprint density at radius 2 is 1.48 bits per heavy atom. The van der Waals surface area contributed by atoms with Gasteiger partial charge in [0.05, 0.1) is 15.2 Å². The summed E-state index contributed by atoms with van der Waals surface area (Å²) in [7, 11) is 0. The van der Waals surface area contributed by atoms with E-state index in [0.29, 0.717) is 0 Å². The van der Waals surface area contributed by atoms with Crippen LogP contribution in [-0.2, 0) is 0 Å². The van der Waals surface area contributed by atoms with Crippen LogP contribution in [0.1, 0.15) is 0 Å². The third kappa shape index (κ3) is 3.13. The van der Waals surface area contributed by atoms with Gasteiger partial charge >= 0.3 is 0 Å². The van der Waals surface area contributed by atoms with Gasteiger partial charge in [0.15, 0.2) is 0 Å². The number of pyridine rings is 2. The van der Waals surface area contributed by atoms with Crippen LogP contribution in [0.2, 0.25) is 0 Å². The SMILES string of the molecule is Brc1ccc(-c2ccc(-c3ccc(-c4ccccn4)nc3)s2)s1. The molecule has 0 atom stereocenters. The average molecular weight is 399 g/mol. The summed E-state index contributed by atoms with van der Waals surface area (Å²) < 4.78 is 1.16. The summed E-state index contributed by atoms with van der Waals surface area (Å²) in [5.74, 6) is 0. The molecule has 0 aliphatic carbocycles. The van der Waals surface area contributed by atoms with E-state index >= 15 is 0 Å². The molecule has 0 fully saturated rings. The second-order valence-corrected chi connectivity index (χ2v) is 8.46. The first kappa shape index (κ1) is 14.8. The Bertz CT molecular complexity index is 927. The fourth-order valence-electron chi connectivity index (χ4n) is 2.28. The number of halogens is 1. The molecule has 4 aromatic rings. The number of hydrogen-bond acceptors (Lipinski definition) is 4. The predicted octanol–water partition coefficient (Wildman–Crippen LogP) is 6.36. The quantitative estimate of drug-likeness (QED) is 0.400. The lowest BCUT2D eigenvalue weighted by atomic mass is 10.2. The van der Waals surface area contributed by atoms with Gasteiger partial charge in [0.1, 0.15) is 0 Å². The van der Waals surface area contributed by atoms with E-state index in [1.54, 1.807) is 28.9 Å². The molecule has 0 N–H and O–H groups in total. The summed E-state index contributed by atoms with van der Waals surface area (Å²) in [6.45, 7) is 0. The molecule has 23 heavy (non-hydrogen) atoms. The van der Waals surface area contributed by atoms with Gasteiger partial charge in [0.25, 0.3) is 0 Å². The first-order valence-corrected chi connectivity index (χ1v) is 9.45. The van der Waals surface area contributed by atoms with Gasteiger partial charge in [-0.15, -0.1) is 22.7 Å². The van der Waals surface area contributed by atoms with E-state index < -0.39 is 0 Å². The van der Waals surface area contributed by atoms with E-state index in [9.17, 15) is 0 Å². The lowest BCUT2D eigenvalue weighted by molar-refractivity contribution is 1.25. The van der Waals surface area contributed by atoms with Crippen LogP contribution in [0.15, 0.2) is 70.8 Å². The average Bonchev–Trinajstić information content (AvgIpc) is 3.25. The zero-order chi connectivity index (χ0) is 15.6. The summed E-state index contributed by atoms with van der Waals surface area (Å²) in [6.07, 6.45) is 3.71. The van der Waals surface area contributed by atoms with Crippen LogP contribution in [0.5, 0.6) is 0 Å². The van der Waals surface area contributed by atoms with Gasteiger partial charge in [-0.3, -0.25) is 9.97 Å². The van der Waals surface area contributed by atoms with Gasteiger partial charge in [-0.05, 0) is 64.5 Å². The van der Waals surface area contributed by atoms with E-state index in [0.717, 1.165) is 20.7 Å². The third-order valence-corrected chi connectivity index (χ3v) is 6.35. The second-order valence-electron chi connectivity index (χ2n) is 4.91. The number of nitrogens with zero attached hydrogens (tertiary/aromatic N) is 2. The number of aromatic nitrogens is 2. The molecule has 0 radical (unpaired) electrons. The molecule has 4 rings (SSSR count). The van der Waals surface area contributed by atoms with Gasteiger partial charge < -0.3 is 0 Å². The van der Waals surface area contributed by atoms with Crippen LogP contribution in [0.4, 0.5) is 0 Å². The number of rotatable bonds is 3. The van der Waals surface area contributed by atoms with Crippen molar-refractivity contribution in [1.29, 1.82) is 0 Å². The summed E-state index contributed by atoms with van der Waals surface area (Å²) in [4.78, 5) is 12.7. The van der Waals surface area contributed by atoms with Gasteiger partial charge in [-0.25, -0.2) is 0 Å². The topological polar surface area (TPSA) is 25.8 Å². The zero-order valence-corrected chi connectivity index (χ0v) is 15.2. The number of hydrogen-bond donors (Lipinski definition) is 0. The van der Waals surface area contributed by atoms with Crippen molar-refractivity contribution in [1.82, 2.24) is 9.97 Å². The van der Waals surface area contributed by atoms with Crippen molar-refractivity contribution >= 4 is 38.6 Å². The fraction of sp³-hybridized carbons (Fsp3) is 0. The number of thiophene rings is 2. The van der Waals surface area contributed by atoms with Crippen molar-refractivity contribution in [2.75, 3.05) is 0 Å². The van der Waals surface area contributed by atoms with Crippen molar-refractivity contribution in [2.45, 2.75) is 0 Å². The molecule has 112 valence electrons. The Kier molecular flexibility index (Phi) is 4.08. The first-order valence-electron chi connectivity index (χ1n) is 7.03. The minimum Gasteiger partial charge on any atom is -0.255 e. The van der Waals surface area contributed by atoms with Crippen LogP contribution in [0, 0.1) is 0 Å². The molecular formula is C18H11BrN2S2. The molecule has 2 nitrogen and oxygen atoms in total. The van der Waals surface area contributed by atoms with E-state index in [1.165, 1.54) is 14.6 Å². The van der Waals surface area contributed by atoms with Crippen molar-refractivity contribution in [3.05, 3.63) is 70.8 Å². The van der Waals surface area contributed by atoms with Crippen LogP contribution >= 0.6 is 38.6 Å². The molecule has 0 saturated heterocycles. The lowest BCUT2D eigenvalue weighted by Gasteiger charge is -2.01. The molecule has 0 aliphatic heterocycles. The van der Waals surface area contributed by atoms with Crippen molar-refractivity contribution in [3.63, 3.8) is 0 Å². The molecule has 0 saturated carbocycles. The molecule has 4 aromatic heterocycles. The third-order valence-electron chi connectivity index (χ3n) is 3.40. The molecule has 0 spiro atoms. The maximum atomic E-state index is 4.55. The second kappa shape index (κ2) is 6.35. The van der Waals surface area contributed by atoms with Crippen LogP contribution in [-0.4, -0.2) is 9.97 Å². The van der Waals surface area contributed by atoms with Crippen LogP contribution in [0.3, 0.4) is 0 Å². The molecule has 0 unspecified atom stereocenters. The van der Waals surface area contributed by atoms with Gasteiger partial charge in [-0.2, -0.15) is 0 Å². The first-order chi connectivity index (χ1) is 11.3. The highest BCUT2D eigenvalue weighted by molar-refractivity contribution is 9.11. The molecule has 0 bridgehead atoms. The smallest absolute Gasteiger partial charge is 0.0886 e. The maximum absolute atomic E-state index is 4.55. The zero-order valence-electron chi connectivity index (χ0n) is 11.9. The normalized spacial score (nSPS) is 10.8. The molecule has 0 aromatic carbocycles. The summed E-state index contributed by atoms with van der Waals surface area (Å²) in [6, 6.07) is 18.6.